The third-order valence-electron chi connectivity index (χ3n) is 4.25. The van der Waals surface area contributed by atoms with Gasteiger partial charge in [0, 0.05) is 17.1 Å². The number of anilines is 1. The van der Waals surface area contributed by atoms with Crippen molar-refractivity contribution in [2.24, 2.45) is 5.73 Å². The monoisotopic (exact) mass is 373 g/mol. The predicted molar refractivity (Wildman–Crippen MR) is 99.8 cm³/mol. The van der Waals surface area contributed by atoms with Crippen molar-refractivity contribution >= 4 is 32.5 Å². The van der Waals surface area contributed by atoms with Gasteiger partial charge in [0.15, 0.2) is 0 Å². The van der Waals surface area contributed by atoms with Crippen molar-refractivity contribution < 1.29 is 18.3 Å². The van der Waals surface area contributed by atoms with Gasteiger partial charge in [-0.15, -0.1) is 0 Å². The standard InChI is InChI=1S/C18H19N3O4S/c1-3-11-9-20-16-7-12(4-5-14(11)16)21-26(24,25)13-6-10(2)17(22)15(8-13)18(19)23/h4-9,20-22H,3H2,1-2H3,(H2,19,23). The average Bonchev–Trinajstić information content (AvgIpc) is 2.98. The van der Waals surface area contributed by atoms with Crippen LogP contribution in [-0.2, 0) is 16.4 Å². The largest absolute Gasteiger partial charge is 0.507 e. The van der Waals surface area contributed by atoms with E-state index in [2.05, 4.69) is 9.71 Å². The zero-order valence-electron chi connectivity index (χ0n) is 14.3. The Morgan fingerprint density at radius 2 is 2.00 bits per heavy atom. The molecule has 26 heavy (non-hydrogen) atoms. The van der Waals surface area contributed by atoms with Crippen LogP contribution in [0.2, 0.25) is 0 Å². The molecule has 0 aliphatic carbocycles. The normalized spacial score (nSPS) is 11.6. The number of aromatic nitrogens is 1. The number of nitrogens with two attached hydrogens (primary N) is 1. The van der Waals surface area contributed by atoms with Crippen LogP contribution in [0.5, 0.6) is 5.75 Å². The highest BCUT2D eigenvalue weighted by molar-refractivity contribution is 7.92. The molecular formula is C18H19N3O4S. The zero-order valence-corrected chi connectivity index (χ0v) is 15.1. The molecule has 1 amide bonds. The molecule has 0 unspecified atom stereocenters. The molecule has 0 atom stereocenters. The van der Waals surface area contributed by atoms with Crippen LogP contribution in [0.4, 0.5) is 5.69 Å². The van der Waals surface area contributed by atoms with Gasteiger partial charge >= 0.3 is 0 Å². The van der Waals surface area contributed by atoms with Gasteiger partial charge in [-0.3, -0.25) is 9.52 Å². The first-order valence-corrected chi connectivity index (χ1v) is 9.47. The SMILES string of the molecule is CCc1c[nH]c2cc(NS(=O)(=O)c3cc(C)c(O)c(C(N)=O)c3)ccc12. The van der Waals surface area contributed by atoms with Crippen molar-refractivity contribution in [2.45, 2.75) is 25.2 Å². The van der Waals surface area contributed by atoms with E-state index in [4.69, 9.17) is 5.73 Å². The lowest BCUT2D eigenvalue weighted by molar-refractivity contribution is 0.0997. The van der Waals surface area contributed by atoms with Gasteiger partial charge in [-0.05, 0) is 48.7 Å². The van der Waals surface area contributed by atoms with Gasteiger partial charge in [0.25, 0.3) is 15.9 Å². The molecular weight excluding hydrogens is 354 g/mol. The van der Waals surface area contributed by atoms with Crippen LogP contribution >= 0.6 is 0 Å². The summed E-state index contributed by atoms with van der Waals surface area (Å²) in [7, 11) is -3.96. The van der Waals surface area contributed by atoms with Crippen LogP contribution in [0.25, 0.3) is 10.9 Å². The molecule has 8 heteroatoms. The summed E-state index contributed by atoms with van der Waals surface area (Å²) in [5.41, 5.74) is 7.57. The minimum absolute atomic E-state index is 0.151. The molecule has 7 nitrogen and oxygen atoms in total. The molecule has 0 bridgehead atoms. The van der Waals surface area contributed by atoms with Crippen LogP contribution in [0.1, 0.15) is 28.4 Å². The zero-order chi connectivity index (χ0) is 19.1. The summed E-state index contributed by atoms with van der Waals surface area (Å²) in [4.78, 5) is 14.4. The van der Waals surface area contributed by atoms with Crippen molar-refractivity contribution in [3.05, 3.63) is 53.2 Å². The number of hydrogen-bond acceptors (Lipinski definition) is 4. The van der Waals surface area contributed by atoms with Crippen LogP contribution in [0, 0.1) is 6.92 Å². The maximum Gasteiger partial charge on any atom is 0.261 e. The number of amides is 1. The van der Waals surface area contributed by atoms with Gasteiger partial charge in [0.1, 0.15) is 5.75 Å². The molecule has 0 radical (unpaired) electrons. The Morgan fingerprint density at radius 1 is 1.27 bits per heavy atom. The predicted octanol–water partition coefficient (Wildman–Crippen LogP) is 2.64. The molecule has 0 saturated carbocycles. The minimum Gasteiger partial charge on any atom is -0.507 e. The highest BCUT2D eigenvalue weighted by Crippen LogP contribution is 2.28. The molecule has 1 aromatic heterocycles. The molecule has 3 aromatic rings. The van der Waals surface area contributed by atoms with Crippen LogP contribution < -0.4 is 10.5 Å². The maximum absolute atomic E-state index is 12.7. The summed E-state index contributed by atoms with van der Waals surface area (Å²) in [5.74, 6) is -1.22. The topological polar surface area (TPSA) is 125 Å². The molecule has 0 fully saturated rings. The molecule has 1 heterocycles. The van der Waals surface area contributed by atoms with Gasteiger partial charge in [-0.25, -0.2) is 8.42 Å². The summed E-state index contributed by atoms with van der Waals surface area (Å²) in [6.45, 7) is 3.54. The van der Waals surface area contributed by atoms with Crippen molar-refractivity contribution in [3.63, 3.8) is 0 Å². The van der Waals surface area contributed by atoms with E-state index in [-0.39, 0.29) is 21.8 Å². The molecule has 0 saturated heterocycles. The van der Waals surface area contributed by atoms with Crippen LogP contribution in [0.15, 0.2) is 41.4 Å². The number of carbonyl (C=O) groups is 1. The summed E-state index contributed by atoms with van der Waals surface area (Å²) < 4.78 is 27.8. The van der Waals surface area contributed by atoms with E-state index in [1.54, 1.807) is 12.1 Å². The fourth-order valence-corrected chi connectivity index (χ4v) is 4.01. The van der Waals surface area contributed by atoms with E-state index in [0.29, 0.717) is 5.69 Å². The molecule has 0 aliphatic rings. The maximum atomic E-state index is 12.7. The summed E-state index contributed by atoms with van der Waals surface area (Å²) >= 11 is 0. The summed E-state index contributed by atoms with van der Waals surface area (Å²) in [5, 5.41) is 10.9. The number of aryl methyl sites for hydroxylation is 2. The van der Waals surface area contributed by atoms with Crippen molar-refractivity contribution in [1.82, 2.24) is 4.98 Å². The lowest BCUT2D eigenvalue weighted by Gasteiger charge is -2.11. The average molecular weight is 373 g/mol. The Hall–Kier alpha value is -3.00. The molecule has 136 valence electrons. The second-order valence-electron chi connectivity index (χ2n) is 6.03. The Bertz CT molecular complexity index is 1120. The third kappa shape index (κ3) is 3.11. The quantitative estimate of drug-likeness (QED) is 0.548. The molecule has 0 aliphatic heterocycles. The van der Waals surface area contributed by atoms with E-state index in [0.717, 1.165) is 29.0 Å². The van der Waals surface area contributed by atoms with Crippen molar-refractivity contribution in [2.75, 3.05) is 4.72 Å². The Balaban J connectivity index is 2.00. The van der Waals surface area contributed by atoms with Gasteiger partial charge in [-0.2, -0.15) is 0 Å². The fraction of sp³-hybridized carbons (Fsp3) is 0.167. The number of H-pyrrole nitrogens is 1. The van der Waals surface area contributed by atoms with Crippen molar-refractivity contribution in [1.29, 1.82) is 0 Å². The first-order valence-electron chi connectivity index (χ1n) is 7.99. The van der Waals surface area contributed by atoms with E-state index in [1.165, 1.54) is 13.0 Å². The highest BCUT2D eigenvalue weighted by Gasteiger charge is 2.20. The Kier molecular flexibility index (Phi) is 4.37. The molecule has 2 aromatic carbocycles. The van der Waals surface area contributed by atoms with E-state index >= 15 is 0 Å². The number of nitrogens with one attached hydrogen (secondary N) is 2. The lowest BCUT2D eigenvalue weighted by Crippen LogP contribution is -2.16. The van der Waals surface area contributed by atoms with Crippen molar-refractivity contribution in [3.8, 4) is 5.75 Å². The molecule has 0 spiro atoms. The van der Waals surface area contributed by atoms with E-state index < -0.39 is 15.9 Å². The number of aromatic hydroxyl groups is 1. The van der Waals surface area contributed by atoms with Gasteiger partial charge in [-0.1, -0.05) is 13.0 Å². The number of carbonyl (C=O) groups excluding carboxylic acids is 1. The number of rotatable bonds is 5. The number of aromatic amines is 1. The van der Waals surface area contributed by atoms with Gasteiger partial charge < -0.3 is 15.8 Å². The van der Waals surface area contributed by atoms with Crippen LogP contribution in [0.3, 0.4) is 0 Å². The third-order valence-corrected chi connectivity index (χ3v) is 5.61. The molecule has 5 N–H and O–H groups in total. The van der Waals surface area contributed by atoms with Crippen LogP contribution in [-0.4, -0.2) is 24.4 Å². The smallest absolute Gasteiger partial charge is 0.261 e. The number of phenols is 1. The highest BCUT2D eigenvalue weighted by atomic mass is 32.2. The lowest BCUT2D eigenvalue weighted by atomic mass is 10.1. The number of fused-ring (bicyclic) bond motifs is 1. The molecule has 3 rings (SSSR count). The minimum atomic E-state index is -3.96. The summed E-state index contributed by atoms with van der Waals surface area (Å²) in [6.07, 6.45) is 2.76. The Morgan fingerprint density at radius 3 is 2.65 bits per heavy atom. The number of benzene rings is 2. The second kappa shape index (κ2) is 6.38. The van der Waals surface area contributed by atoms with Gasteiger partial charge in [0.05, 0.1) is 16.1 Å². The summed E-state index contributed by atoms with van der Waals surface area (Å²) in [6, 6.07) is 7.57. The number of hydrogen-bond donors (Lipinski definition) is 4. The van der Waals surface area contributed by atoms with E-state index in [1.807, 2.05) is 19.2 Å². The first kappa shape index (κ1) is 17.8. The van der Waals surface area contributed by atoms with Gasteiger partial charge in [0.2, 0.25) is 0 Å². The second-order valence-corrected chi connectivity index (χ2v) is 7.72. The first-order chi connectivity index (χ1) is 12.2. The fourth-order valence-electron chi connectivity index (χ4n) is 2.85. The Labute approximate surface area is 150 Å². The number of primary amides is 1. The number of sulfonamides is 1. The van der Waals surface area contributed by atoms with E-state index in [9.17, 15) is 18.3 Å².